The van der Waals surface area contributed by atoms with Crippen molar-refractivity contribution in [2.24, 2.45) is 0 Å². The number of aliphatic hydroxyl groups is 1. The quantitative estimate of drug-likeness (QED) is 0.797. The van der Waals surface area contributed by atoms with Gasteiger partial charge in [0.1, 0.15) is 10.8 Å². The first kappa shape index (κ1) is 14.7. The highest BCUT2D eigenvalue weighted by atomic mass is 32.1. The van der Waals surface area contributed by atoms with E-state index in [2.05, 4.69) is 14.7 Å². The van der Waals surface area contributed by atoms with Gasteiger partial charge in [0.15, 0.2) is 0 Å². The van der Waals surface area contributed by atoms with Gasteiger partial charge in [-0.15, -0.1) is 11.3 Å². The zero-order valence-corrected chi connectivity index (χ0v) is 13.4. The van der Waals surface area contributed by atoms with Crippen LogP contribution in [0.3, 0.4) is 0 Å². The zero-order chi connectivity index (χ0) is 14.9. The van der Waals surface area contributed by atoms with Crippen LogP contribution < -0.4 is 11.1 Å². The van der Waals surface area contributed by atoms with Crippen LogP contribution in [0.4, 0.5) is 10.8 Å². The van der Waals surface area contributed by atoms with Crippen molar-refractivity contribution in [3.63, 3.8) is 0 Å². The average molecular weight is 326 g/mol. The summed E-state index contributed by atoms with van der Waals surface area (Å²) in [5.74, 6) is 0.478. The maximum Gasteiger partial charge on any atom is 0.148 e. The highest BCUT2D eigenvalue weighted by molar-refractivity contribution is 7.11. The standard InChI is InChI=1S/C13H18N4O2S2/c1-8-16-9(6-20-8)10-11(14)17-21-12(10)15-7-13(18)2-4-19-5-3-13/h6,15,18H,2-5,7H2,1H3,(H2,14,17). The Bertz CT molecular complexity index is 619. The number of ether oxygens (including phenoxy) is 1. The summed E-state index contributed by atoms with van der Waals surface area (Å²) in [5.41, 5.74) is 6.91. The molecule has 0 unspecified atom stereocenters. The summed E-state index contributed by atoms with van der Waals surface area (Å²) in [4.78, 5) is 4.47. The van der Waals surface area contributed by atoms with Crippen molar-refractivity contribution in [1.82, 2.24) is 9.36 Å². The molecule has 114 valence electrons. The van der Waals surface area contributed by atoms with E-state index in [0.717, 1.165) is 21.3 Å². The highest BCUT2D eigenvalue weighted by Gasteiger charge is 2.30. The summed E-state index contributed by atoms with van der Waals surface area (Å²) in [6.07, 6.45) is 1.28. The van der Waals surface area contributed by atoms with Gasteiger partial charge in [0.05, 0.1) is 21.9 Å². The van der Waals surface area contributed by atoms with E-state index in [1.54, 1.807) is 11.3 Å². The molecule has 21 heavy (non-hydrogen) atoms. The molecule has 0 aromatic carbocycles. The number of nitrogens with one attached hydrogen (secondary N) is 1. The van der Waals surface area contributed by atoms with Gasteiger partial charge in [-0.1, -0.05) is 0 Å². The van der Waals surface area contributed by atoms with Crippen molar-refractivity contribution in [3.05, 3.63) is 10.4 Å². The van der Waals surface area contributed by atoms with Gasteiger partial charge in [-0.05, 0) is 18.5 Å². The second-order valence-corrected chi connectivity index (χ2v) is 7.05. The van der Waals surface area contributed by atoms with Crippen LogP contribution in [0.25, 0.3) is 11.3 Å². The number of aryl methyl sites for hydroxylation is 1. The number of nitrogen functional groups attached to an aromatic ring is 1. The summed E-state index contributed by atoms with van der Waals surface area (Å²) >= 11 is 2.89. The van der Waals surface area contributed by atoms with Crippen LogP contribution in [0.15, 0.2) is 5.38 Å². The normalized spacial score (nSPS) is 17.8. The lowest BCUT2D eigenvalue weighted by Gasteiger charge is -2.32. The number of hydrogen-bond acceptors (Lipinski definition) is 8. The second-order valence-electron chi connectivity index (χ2n) is 5.21. The maximum atomic E-state index is 10.5. The van der Waals surface area contributed by atoms with Crippen LogP contribution in [0.1, 0.15) is 17.8 Å². The molecule has 4 N–H and O–H groups in total. The van der Waals surface area contributed by atoms with E-state index < -0.39 is 5.60 Å². The Labute approximate surface area is 131 Å². The van der Waals surface area contributed by atoms with E-state index >= 15 is 0 Å². The fourth-order valence-electron chi connectivity index (χ4n) is 2.32. The third-order valence-electron chi connectivity index (χ3n) is 3.60. The molecule has 0 amide bonds. The minimum atomic E-state index is -0.730. The van der Waals surface area contributed by atoms with E-state index in [0.29, 0.717) is 38.4 Å². The van der Waals surface area contributed by atoms with Crippen molar-refractivity contribution in [2.75, 3.05) is 30.8 Å². The predicted octanol–water partition coefficient (Wildman–Crippen LogP) is 2.11. The highest BCUT2D eigenvalue weighted by Crippen LogP contribution is 2.37. The SMILES string of the molecule is Cc1nc(-c2c(N)nsc2NCC2(O)CCOCC2)cs1. The molecule has 3 rings (SSSR count). The van der Waals surface area contributed by atoms with Crippen LogP contribution in [0.2, 0.25) is 0 Å². The molecule has 0 radical (unpaired) electrons. The Morgan fingerprint density at radius 1 is 1.48 bits per heavy atom. The van der Waals surface area contributed by atoms with Gasteiger partial charge >= 0.3 is 0 Å². The van der Waals surface area contributed by atoms with Crippen LogP contribution in [0.5, 0.6) is 0 Å². The molecule has 2 aromatic rings. The number of aromatic nitrogens is 2. The van der Waals surface area contributed by atoms with E-state index in [1.165, 1.54) is 11.5 Å². The molecule has 1 fully saturated rings. The lowest BCUT2D eigenvalue weighted by molar-refractivity contribution is -0.0543. The van der Waals surface area contributed by atoms with Crippen molar-refractivity contribution < 1.29 is 9.84 Å². The van der Waals surface area contributed by atoms with Crippen molar-refractivity contribution >= 4 is 33.7 Å². The molecule has 2 aromatic heterocycles. The van der Waals surface area contributed by atoms with Crippen LogP contribution in [-0.4, -0.2) is 39.8 Å². The summed E-state index contributed by atoms with van der Waals surface area (Å²) in [6, 6.07) is 0. The summed E-state index contributed by atoms with van der Waals surface area (Å²) in [6.45, 7) is 3.62. The van der Waals surface area contributed by atoms with Crippen molar-refractivity contribution in [3.8, 4) is 11.3 Å². The van der Waals surface area contributed by atoms with Gasteiger partial charge in [0, 0.05) is 38.0 Å². The first-order valence-corrected chi connectivity index (χ1v) is 8.44. The van der Waals surface area contributed by atoms with E-state index in [-0.39, 0.29) is 0 Å². The molecule has 0 aliphatic carbocycles. The van der Waals surface area contributed by atoms with Crippen molar-refractivity contribution in [1.29, 1.82) is 0 Å². The molecule has 3 heterocycles. The predicted molar refractivity (Wildman–Crippen MR) is 85.9 cm³/mol. The first-order valence-electron chi connectivity index (χ1n) is 6.79. The maximum absolute atomic E-state index is 10.5. The third kappa shape index (κ3) is 3.18. The second kappa shape index (κ2) is 5.88. The minimum Gasteiger partial charge on any atom is -0.388 e. The largest absolute Gasteiger partial charge is 0.388 e. The molecular weight excluding hydrogens is 308 g/mol. The molecule has 6 nitrogen and oxygen atoms in total. The van der Waals surface area contributed by atoms with E-state index in [1.807, 2.05) is 12.3 Å². The lowest BCUT2D eigenvalue weighted by Crippen LogP contribution is -2.42. The Kier molecular flexibility index (Phi) is 4.12. The number of thiazole rings is 1. The Balaban J connectivity index is 1.77. The minimum absolute atomic E-state index is 0.466. The summed E-state index contributed by atoms with van der Waals surface area (Å²) in [5, 5.41) is 17.6. The van der Waals surface area contributed by atoms with Gasteiger partial charge in [-0.2, -0.15) is 4.37 Å². The summed E-state index contributed by atoms with van der Waals surface area (Å²) < 4.78 is 9.49. The summed E-state index contributed by atoms with van der Waals surface area (Å²) in [7, 11) is 0. The van der Waals surface area contributed by atoms with Gasteiger partial charge in [0.25, 0.3) is 0 Å². The van der Waals surface area contributed by atoms with Gasteiger partial charge < -0.3 is 20.9 Å². The average Bonchev–Trinajstić information content (AvgIpc) is 3.03. The number of rotatable bonds is 4. The third-order valence-corrected chi connectivity index (χ3v) is 5.19. The zero-order valence-electron chi connectivity index (χ0n) is 11.8. The molecule has 1 aliphatic rings. The molecule has 1 aliphatic heterocycles. The lowest BCUT2D eigenvalue weighted by atomic mass is 9.94. The van der Waals surface area contributed by atoms with Crippen LogP contribution in [-0.2, 0) is 4.74 Å². The van der Waals surface area contributed by atoms with Crippen LogP contribution in [0, 0.1) is 6.92 Å². The topological polar surface area (TPSA) is 93.3 Å². The molecule has 0 atom stereocenters. The van der Waals surface area contributed by atoms with Crippen molar-refractivity contribution in [2.45, 2.75) is 25.4 Å². The van der Waals surface area contributed by atoms with Gasteiger partial charge in [0.2, 0.25) is 0 Å². The molecule has 0 saturated carbocycles. The number of nitrogens with two attached hydrogens (primary N) is 1. The van der Waals surface area contributed by atoms with E-state index in [4.69, 9.17) is 10.5 Å². The monoisotopic (exact) mass is 326 g/mol. The molecule has 1 saturated heterocycles. The Morgan fingerprint density at radius 2 is 2.24 bits per heavy atom. The fraction of sp³-hybridized carbons (Fsp3) is 0.538. The molecule has 0 spiro atoms. The van der Waals surface area contributed by atoms with Gasteiger partial charge in [-0.3, -0.25) is 0 Å². The molecule has 0 bridgehead atoms. The van der Waals surface area contributed by atoms with Crippen LogP contribution >= 0.6 is 22.9 Å². The van der Waals surface area contributed by atoms with E-state index in [9.17, 15) is 5.11 Å². The fourth-order valence-corrected chi connectivity index (χ4v) is 3.64. The molecule has 8 heteroatoms. The first-order chi connectivity index (χ1) is 10.1. The smallest absolute Gasteiger partial charge is 0.148 e. The number of anilines is 2. The van der Waals surface area contributed by atoms with Gasteiger partial charge in [-0.25, -0.2) is 4.98 Å². The number of hydrogen-bond donors (Lipinski definition) is 3. The number of nitrogens with zero attached hydrogens (tertiary/aromatic N) is 2. The Morgan fingerprint density at radius 3 is 2.90 bits per heavy atom. The molecular formula is C13H18N4O2S2. The Hall–Kier alpha value is -1.22.